The first-order chi connectivity index (χ1) is 6.36. The van der Waals surface area contributed by atoms with Gasteiger partial charge in [-0.25, -0.2) is 0 Å². The van der Waals surface area contributed by atoms with Crippen molar-refractivity contribution in [3.05, 3.63) is 21.9 Å². The Hall–Kier alpha value is -0.450. The number of hydrogen-bond donors (Lipinski definition) is 0. The molecule has 0 atom stereocenters. The molecule has 0 radical (unpaired) electrons. The van der Waals surface area contributed by atoms with E-state index >= 15 is 0 Å². The summed E-state index contributed by atoms with van der Waals surface area (Å²) < 4.78 is 0. The molecule has 0 nitrogen and oxygen atoms in total. The van der Waals surface area contributed by atoms with E-state index in [1.54, 1.807) is 11.3 Å². The molecule has 1 aromatic heterocycles. The van der Waals surface area contributed by atoms with Gasteiger partial charge in [0.15, 0.2) is 0 Å². The SMILES string of the molecule is CCCCC#Cc1ccc(CCl)s1. The molecule has 1 aromatic rings. The lowest BCUT2D eigenvalue weighted by molar-refractivity contribution is 0.828. The molecule has 70 valence electrons. The third-order valence-electron chi connectivity index (χ3n) is 1.66. The van der Waals surface area contributed by atoms with Gasteiger partial charge in [-0.3, -0.25) is 0 Å². The second kappa shape index (κ2) is 6.07. The van der Waals surface area contributed by atoms with Crippen molar-refractivity contribution < 1.29 is 0 Å². The highest BCUT2D eigenvalue weighted by atomic mass is 35.5. The van der Waals surface area contributed by atoms with E-state index in [1.165, 1.54) is 17.7 Å². The first-order valence-electron chi connectivity index (χ1n) is 4.50. The maximum Gasteiger partial charge on any atom is 0.0771 e. The summed E-state index contributed by atoms with van der Waals surface area (Å²) in [5.41, 5.74) is 0. The number of rotatable bonds is 3. The van der Waals surface area contributed by atoms with Gasteiger partial charge in [-0.15, -0.1) is 22.9 Å². The van der Waals surface area contributed by atoms with Crippen LogP contribution in [0, 0.1) is 11.8 Å². The van der Waals surface area contributed by atoms with Crippen LogP contribution >= 0.6 is 22.9 Å². The van der Waals surface area contributed by atoms with Gasteiger partial charge >= 0.3 is 0 Å². The van der Waals surface area contributed by atoms with Gasteiger partial charge in [0.2, 0.25) is 0 Å². The lowest BCUT2D eigenvalue weighted by Gasteiger charge is -1.83. The summed E-state index contributed by atoms with van der Waals surface area (Å²) in [6.07, 6.45) is 3.41. The predicted octanol–water partition coefficient (Wildman–Crippen LogP) is 4.03. The van der Waals surface area contributed by atoms with Crippen LogP contribution in [-0.4, -0.2) is 0 Å². The van der Waals surface area contributed by atoms with Crippen molar-refractivity contribution in [2.45, 2.75) is 32.1 Å². The lowest BCUT2D eigenvalue weighted by atomic mass is 10.2. The summed E-state index contributed by atoms with van der Waals surface area (Å²) in [5.74, 6) is 6.90. The molecule has 0 aliphatic heterocycles. The normalized spacial score (nSPS) is 9.38. The number of alkyl halides is 1. The van der Waals surface area contributed by atoms with E-state index in [0.717, 1.165) is 11.3 Å². The zero-order chi connectivity index (χ0) is 9.52. The zero-order valence-corrected chi connectivity index (χ0v) is 9.34. The Kier molecular flexibility index (Phi) is 4.97. The maximum absolute atomic E-state index is 5.69. The minimum atomic E-state index is 0.599. The Labute approximate surface area is 88.9 Å². The number of unbranched alkanes of at least 4 members (excludes halogenated alkanes) is 2. The molecule has 1 heterocycles. The van der Waals surface area contributed by atoms with Crippen LogP contribution < -0.4 is 0 Å². The van der Waals surface area contributed by atoms with E-state index in [9.17, 15) is 0 Å². The largest absolute Gasteiger partial charge is 0.130 e. The number of thiophene rings is 1. The summed E-state index contributed by atoms with van der Waals surface area (Å²) in [7, 11) is 0. The minimum absolute atomic E-state index is 0.599. The molecule has 0 aliphatic rings. The summed E-state index contributed by atoms with van der Waals surface area (Å²) in [5, 5.41) is 0. The van der Waals surface area contributed by atoms with Crippen molar-refractivity contribution in [1.29, 1.82) is 0 Å². The van der Waals surface area contributed by atoms with Crippen molar-refractivity contribution >= 4 is 22.9 Å². The zero-order valence-electron chi connectivity index (χ0n) is 7.77. The van der Waals surface area contributed by atoms with Gasteiger partial charge < -0.3 is 0 Å². The van der Waals surface area contributed by atoms with Crippen LogP contribution in [0.2, 0.25) is 0 Å². The van der Waals surface area contributed by atoms with E-state index in [2.05, 4.69) is 18.8 Å². The summed E-state index contributed by atoms with van der Waals surface area (Å²) in [6.45, 7) is 2.18. The molecule has 0 N–H and O–H groups in total. The number of halogens is 1. The standard InChI is InChI=1S/C11H13ClS/c1-2-3-4-5-6-10-7-8-11(9-12)13-10/h7-8H,2-4,9H2,1H3. The van der Waals surface area contributed by atoms with Crippen LogP contribution in [0.4, 0.5) is 0 Å². The van der Waals surface area contributed by atoms with Gasteiger partial charge in [-0.1, -0.05) is 25.2 Å². The summed E-state index contributed by atoms with van der Waals surface area (Å²) in [6, 6.07) is 4.09. The molecule has 0 spiro atoms. The smallest absolute Gasteiger partial charge is 0.0771 e. The fraction of sp³-hybridized carbons (Fsp3) is 0.455. The van der Waals surface area contributed by atoms with E-state index in [1.807, 2.05) is 12.1 Å². The third-order valence-corrected chi connectivity index (χ3v) is 3.11. The van der Waals surface area contributed by atoms with Crippen molar-refractivity contribution in [1.82, 2.24) is 0 Å². The number of hydrogen-bond acceptors (Lipinski definition) is 1. The van der Waals surface area contributed by atoms with Gasteiger partial charge in [0.05, 0.1) is 10.8 Å². The Morgan fingerprint density at radius 2 is 2.31 bits per heavy atom. The fourth-order valence-electron chi connectivity index (χ4n) is 0.932. The molecule has 0 unspecified atom stereocenters. The highest BCUT2D eigenvalue weighted by Crippen LogP contribution is 2.16. The monoisotopic (exact) mass is 212 g/mol. The van der Waals surface area contributed by atoms with Crippen molar-refractivity contribution in [3.8, 4) is 11.8 Å². The van der Waals surface area contributed by atoms with E-state index < -0.39 is 0 Å². The second-order valence-corrected chi connectivity index (χ2v) is 4.24. The van der Waals surface area contributed by atoms with Gasteiger partial charge in [-0.2, -0.15) is 0 Å². The molecule has 13 heavy (non-hydrogen) atoms. The molecule has 0 fully saturated rings. The summed E-state index contributed by atoms with van der Waals surface area (Å²) in [4.78, 5) is 2.33. The average Bonchev–Trinajstić information content (AvgIpc) is 2.60. The van der Waals surface area contributed by atoms with Gasteiger partial charge in [0.25, 0.3) is 0 Å². The third kappa shape index (κ3) is 3.85. The quantitative estimate of drug-likeness (QED) is 0.403. The van der Waals surface area contributed by atoms with Crippen molar-refractivity contribution in [2.75, 3.05) is 0 Å². The second-order valence-electron chi connectivity index (χ2n) is 2.80. The van der Waals surface area contributed by atoms with Crippen LogP contribution in [0.15, 0.2) is 12.1 Å². The molecule has 0 amide bonds. The van der Waals surface area contributed by atoms with Crippen molar-refractivity contribution in [2.24, 2.45) is 0 Å². The first kappa shape index (κ1) is 10.6. The average molecular weight is 213 g/mol. The van der Waals surface area contributed by atoms with Crippen molar-refractivity contribution in [3.63, 3.8) is 0 Å². The molecule has 0 saturated heterocycles. The van der Waals surface area contributed by atoms with E-state index in [4.69, 9.17) is 11.6 Å². The van der Waals surface area contributed by atoms with Gasteiger partial charge in [-0.05, 0) is 18.6 Å². The molecule has 0 aromatic carbocycles. The van der Waals surface area contributed by atoms with Crippen LogP contribution in [-0.2, 0) is 5.88 Å². The molecule has 0 bridgehead atoms. The maximum atomic E-state index is 5.69. The molecular weight excluding hydrogens is 200 g/mol. The van der Waals surface area contributed by atoms with Crippen LogP contribution in [0.3, 0.4) is 0 Å². The first-order valence-corrected chi connectivity index (χ1v) is 5.85. The topological polar surface area (TPSA) is 0 Å². The lowest BCUT2D eigenvalue weighted by Crippen LogP contribution is -1.67. The minimum Gasteiger partial charge on any atom is -0.130 e. The van der Waals surface area contributed by atoms with Crippen LogP contribution in [0.25, 0.3) is 0 Å². The molecular formula is C11H13ClS. The molecule has 2 heteroatoms. The highest BCUT2D eigenvalue weighted by molar-refractivity contribution is 7.12. The Balaban J connectivity index is 2.46. The summed E-state index contributed by atoms with van der Waals surface area (Å²) >= 11 is 7.37. The molecule has 0 saturated carbocycles. The Morgan fingerprint density at radius 1 is 1.46 bits per heavy atom. The molecule has 1 rings (SSSR count). The molecule has 0 aliphatic carbocycles. The fourth-order valence-corrected chi connectivity index (χ4v) is 1.92. The van der Waals surface area contributed by atoms with Crippen LogP contribution in [0.5, 0.6) is 0 Å². The van der Waals surface area contributed by atoms with Gasteiger partial charge in [0.1, 0.15) is 0 Å². The highest BCUT2D eigenvalue weighted by Gasteiger charge is 1.94. The van der Waals surface area contributed by atoms with Crippen LogP contribution in [0.1, 0.15) is 35.9 Å². The Bertz CT molecular complexity index is 303. The Morgan fingerprint density at radius 3 is 2.92 bits per heavy atom. The van der Waals surface area contributed by atoms with Gasteiger partial charge in [0, 0.05) is 11.3 Å². The predicted molar refractivity (Wildman–Crippen MR) is 60.3 cm³/mol. The van der Waals surface area contributed by atoms with E-state index in [-0.39, 0.29) is 0 Å². The van der Waals surface area contributed by atoms with E-state index in [0.29, 0.717) is 5.88 Å².